The number of rotatable bonds is 6. The molecular formula is C10H22N2O2. The van der Waals surface area contributed by atoms with Crippen LogP contribution in [-0.4, -0.2) is 29.2 Å². The smallest absolute Gasteiger partial charge is 0.237 e. The van der Waals surface area contributed by atoms with Crippen LogP contribution in [-0.2, 0) is 4.79 Å². The van der Waals surface area contributed by atoms with E-state index in [0.29, 0.717) is 12.8 Å². The standard InChI is InChI=1S/C10H22N2O2/c1-4-6-8(11)9(13)12-7-10(3,14)5-2/h8,14H,4-7,11H2,1-3H3,(H,12,13). The van der Waals surface area contributed by atoms with Crippen LogP contribution in [0.25, 0.3) is 0 Å². The summed E-state index contributed by atoms with van der Waals surface area (Å²) < 4.78 is 0. The molecule has 0 fully saturated rings. The molecule has 0 aliphatic heterocycles. The van der Waals surface area contributed by atoms with Crippen molar-refractivity contribution in [1.29, 1.82) is 0 Å². The Morgan fingerprint density at radius 2 is 2.14 bits per heavy atom. The molecule has 0 aromatic carbocycles. The monoisotopic (exact) mass is 202 g/mol. The highest BCUT2D eigenvalue weighted by Crippen LogP contribution is 2.06. The van der Waals surface area contributed by atoms with E-state index >= 15 is 0 Å². The Hall–Kier alpha value is -0.610. The predicted molar refractivity (Wildman–Crippen MR) is 56.8 cm³/mol. The van der Waals surface area contributed by atoms with Gasteiger partial charge in [-0.2, -0.15) is 0 Å². The second-order valence-electron chi connectivity index (χ2n) is 3.96. The second-order valence-corrected chi connectivity index (χ2v) is 3.96. The highest BCUT2D eigenvalue weighted by molar-refractivity contribution is 5.81. The number of aliphatic hydroxyl groups is 1. The van der Waals surface area contributed by atoms with Crippen molar-refractivity contribution in [3.63, 3.8) is 0 Å². The van der Waals surface area contributed by atoms with Crippen molar-refractivity contribution in [2.75, 3.05) is 6.54 Å². The molecule has 0 aromatic rings. The molecule has 14 heavy (non-hydrogen) atoms. The molecule has 0 radical (unpaired) electrons. The molecular weight excluding hydrogens is 180 g/mol. The number of hydrogen-bond donors (Lipinski definition) is 3. The second kappa shape index (κ2) is 5.98. The Labute approximate surface area is 85.9 Å². The Morgan fingerprint density at radius 3 is 2.57 bits per heavy atom. The van der Waals surface area contributed by atoms with Crippen molar-refractivity contribution in [1.82, 2.24) is 5.32 Å². The van der Waals surface area contributed by atoms with E-state index in [1.54, 1.807) is 6.92 Å². The summed E-state index contributed by atoms with van der Waals surface area (Å²) in [5.74, 6) is -0.180. The first-order chi connectivity index (χ1) is 6.43. The molecule has 0 spiro atoms. The van der Waals surface area contributed by atoms with Gasteiger partial charge in [0.25, 0.3) is 0 Å². The van der Waals surface area contributed by atoms with Crippen LogP contribution in [0.4, 0.5) is 0 Å². The van der Waals surface area contributed by atoms with Gasteiger partial charge in [0.1, 0.15) is 0 Å². The SMILES string of the molecule is CCCC(N)C(=O)NCC(C)(O)CC. The van der Waals surface area contributed by atoms with E-state index in [0.717, 1.165) is 6.42 Å². The summed E-state index contributed by atoms with van der Waals surface area (Å²) in [5.41, 5.74) is 4.77. The molecule has 0 rings (SSSR count). The molecule has 0 aliphatic rings. The maximum Gasteiger partial charge on any atom is 0.237 e. The van der Waals surface area contributed by atoms with Gasteiger partial charge in [-0.1, -0.05) is 20.3 Å². The molecule has 0 aliphatic carbocycles. The largest absolute Gasteiger partial charge is 0.388 e. The molecule has 4 N–H and O–H groups in total. The van der Waals surface area contributed by atoms with Gasteiger partial charge in [-0.3, -0.25) is 4.79 Å². The van der Waals surface area contributed by atoms with E-state index in [4.69, 9.17) is 5.73 Å². The fraction of sp³-hybridized carbons (Fsp3) is 0.900. The van der Waals surface area contributed by atoms with Crippen LogP contribution in [0.1, 0.15) is 40.0 Å². The lowest BCUT2D eigenvalue weighted by Gasteiger charge is -2.22. The van der Waals surface area contributed by atoms with Crippen molar-refractivity contribution < 1.29 is 9.90 Å². The highest BCUT2D eigenvalue weighted by atomic mass is 16.3. The van der Waals surface area contributed by atoms with E-state index in [1.165, 1.54) is 0 Å². The number of amides is 1. The Balaban J connectivity index is 3.84. The molecule has 2 unspecified atom stereocenters. The molecule has 0 bridgehead atoms. The van der Waals surface area contributed by atoms with Crippen molar-refractivity contribution in [2.24, 2.45) is 5.73 Å². The number of carbonyl (C=O) groups excluding carboxylic acids is 1. The van der Waals surface area contributed by atoms with Gasteiger partial charge in [0, 0.05) is 6.54 Å². The molecule has 0 aromatic heterocycles. The lowest BCUT2D eigenvalue weighted by Crippen LogP contribution is -2.46. The lowest BCUT2D eigenvalue weighted by molar-refractivity contribution is -0.123. The van der Waals surface area contributed by atoms with Gasteiger partial charge in [0.05, 0.1) is 11.6 Å². The Morgan fingerprint density at radius 1 is 1.57 bits per heavy atom. The fourth-order valence-corrected chi connectivity index (χ4v) is 0.976. The van der Waals surface area contributed by atoms with Gasteiger partial charge in [-0.15, -0.1) is 0 Å². The van der Waals surface area contributed by atoms with Gasteiger partial charge in [0.15, 0.2) is 0 Å². The van der Waals surface area contributed by atoms with Crippen molar-refractivity contribution in [2.45, 2.75) is 51.7 Å². The maximum atomic E-state index is 11.3. The van der Waals surface area contributed by atoms with Crippen LogP contribution in [0.3, 0.4) is 0 Å². The zero-order valence-electron chi connectivity index (χ0n) is 9.34. The summed E-state index contributed by atoms with van der Waals surface area (Å²) >= 11 is 0. The zero-order chi connectivity index (χ0) is 11.2. The Kier molecular flexibility index (Phi) is 5.72. The van der Waals surface area contributed by atoms with Crippen LogP contribution < -0.4 is 11.1 Å². The fourth-order valence-electron chi connectivity index (χ4n) is 0.976. The molecule has 84 valence electrons. The maximum absolute atomic E-state index is 11.3. The minimum absolute atomic E-state index is 0.180. The van der Waals surface area contributed by atoms with Gasteiger partial charge < -0.3 is 16.2 Å². The predicted octanol–water partition coefficient (Wildman–Crippen LogP) is 0.391. The van der Waals surface area contributed by atoms with E-state index in [9.17, 15) is 9.90 Å². The zero-order valence-corrected chi connectivity index (χ0v) is 9.34. The minimum atomic E-state index is -0.832. The third kappa shape index (κ3) is 5.19. The van der Waals surface area contributed by atoms with Crippen LogP contribution in [0.2, 0.25) is 0 Å². The number of nitrogens with one attached hydrogen (secondary N) is 1. The van der Waals surface area contributed by atoms with Crippen molar-refractivity contribution in [3.8, 4) is 0 Å². The first kappa shape index (κ1) is 13.4. The van der Waals surface area contributed by atoms with Crippen LogP contribution >= 0.6 is 0 Å². The van der Waals surface area contributed by atoms with E-state index in [1.807, 2.05) is 13.8 Å². The summed E-state index contributed by atoms with van der Waals surface area (Å²) in [5, 5.41) is 12.3. The topological polar surface area (TPSA) is 75.4 Å². The third-order valence-corrected chi connectivity index (χ3v) is 2.34. The van der Waals surface area contributed by atoms with E-state index in [-0.39, 0.29) is 12.5 Å². The summed E-state index contributed by atoms with van der Waals surface area (Å²) in [4.78, 5) is 11.3. The molecule has 0 saturated heterocycles. The minimum Gasteiger partial charge on any atom is -0.388 e. The first-order valence-corrected chi connectivity index (χ1v) is 5.18. The van der Waals surface area contributed by atoms with Gasteiger partial charge in [0.2, 0.25) is 5.91 Å². The third-order valence-electron chi connectivity index (χ3n) is 2.34. The first-order valence-electron chi connectivity index (χ1n) is 5.18. The normalized spacial score (nSPS) is 17.2. The summed E-state index contributed by atoms with van der Waals surface area (Å²) in [6.07, 6.45) is 2.18. The molecule has 4 heteroatoms. The number of nitrogens with two attached hydrogens (primary N) is 1. The van der Waals surface area contributed by atoms with Gasteiger partial charge >= 0.3 is 0 Å². The van der Waals surface area contributed by atoms with Crippen molar-refractivity contribution in [3.05, 3.63) is 0 Å². The summed E-state index contributed by atoms with van der Waals surface area (Å²) in [6.45, 7) is 5.81. The average molecular weight is 202 g/mol. The van der Waals surface area contributed by atoms with Gasteiger partial charge in [-0.05, 0) is 19.8 Å². The molecule has 4 nitrogen and oxygen atoms in total. The van der Waals surface area contributed by atoms with Crippen molar-refractivity contribution >= 4 is 5.91 Å². The van der Waals surface area contributed by atoms with Crippen LogP contribution in [0.5, 0.6) is 0 Å². The van der Waals surface area contributed by atoms with E-state index < -0.39 is 11.6 Å². The molecule has 2 atom stereocenters. The molecule has 0 saturated carbocycles. The van der Waals surface area contributed by atoms with E-state index in [2.05, 4.69) is 5.32 Å². The van der Waals surface area contributed by atoms with Gasteiger partial charge in [-0.25, -0.2) is 0 Å². The summed E-state index contributed by atoms with van der Waals surface area (Å²) in [6, 6.07) is -0.451. The quantitative estimate of drug-likeness (QED) is 0.583. The summed E-state index contributed by atoms with van der Waals surface area (Å²) in [7, 11) is 0. The number of carbonyl (C=O) groups is 1. The number of hydrogen-bond acceptors (Lipinski definition) is 3. The van der Waals surface area contributed by atoms with Crippen LogP contribution in [0, 0.1) is 0 Å². The Bertz CT molecular complexity index is 181. The lowest BCUT2D eigenvalue weighted by atomic mass is 10.0. The van der Waals surface area contributed by atoms with Crippen LogP contribution in [0.15, 0.2) is 0 Å². The highest BCUT2D eigenvalue weighted by Gasteiger charge is 2.20. The molecule has 1 amide bonds. The average Bonchev–Trinajstić information content (AvgIpc) is 2.15. The molecule has 0 heterocycles.